The van der Waals surface area contributed by atoms with Crippen LogP contribution in [0.3, 0.4) is 0 Å². The van der Waals surface area contributed by atoms with E-state index in [9.17, 15) is 0 Å². The summed E-state index contributed by atoms with van der Waals surface area (Å²) >= 11 is 0. The minimum absolute atomic E-state index is 0.400. The average Bonchev–Trinajstić information content (AvgIpc) is 2.74. The molecular formula is C13H8N3O. The molecule has 0 N–H and O–H groups in total. The summed E-state index contributed by atoms with van der Waals surface area (Å²) in [6.45, 7) is 0. The molecule has 1 aromatic carbocycles. The standard InChI is InChI=1S/C13H8N3O/c1-16-4-2-3-13(16)17-12-6-10(8-14)5-11(7-12)9-15/h3-7H,1H3. The number of benzene rings is 1. The van der Waals surface area contributed by atoms with Crippen molar-refractivity contribution in [2.24, 2.45) is 7.05 Å². The van der Waals surface area contributed by atoms with Crippen LogP contribution in [0.1, 0.15) is 11.1 Å². The van der Waals surface area contributed by atoms with Gasteiger partial charge in [0.15, 0.2) is 5.88 Å². The smallest absolute Gasteiger partial charge is 0.200 e. The highest BCUT2D eigenvalue weighted by molar-refractivity contribution is 5.46. The molecule has 0 fully saturated rings. The molecule has 0 unspecified atom stereocenters. The SMILES string of the molecule is Cn1c[c]cc1Oc1cc(C#N)cc(C#N)c1. The third kappa shape index (κ3) is 2.27. The van der Waals surface area contributed by atoms with Crippen molar-refractivity contribution in [1.82, 2.24) is 4.57 Å². The van der Waals surface area contributed by atoms with Crippen LogP contribution in [0.15, 0.2) is 30.5 Å². The molecular weight excluding hydrogens is 214 g/mol. The quantitative estimate of drug-likeness (QED) is 0.783. The van der Waals surface area contributed by atoms with Gasteiger partial charge in [-0.2, -0.15) is 10.5 Å². The molecule has 0 aliphatic heterocycles. The summed E-state index contributed by atoms with van der Waals surface area (Å²) in [6.07, 6.45) is 1.73. The number of rotatable bonds is 2. The first kappa shape index (κ1) is 10.8. The second-order valence-electron chi connectivity index (χ2n) is 3.46. The largest absolute Gasteiger partial charge is 0.441 e. The van der Waals surface area contributed by atoms with Crippen molar-refractivity contribution in [2.45, 2.75) is 0 Å². The first-order valence-corrected chi connectivity index (χ1v) is 4.88. The van der Waals surface area contributed by atoms with E-state index in [-0.39, 0.29) is 0 Å². The lowest BCUT2D eigenvalue weighted by Crippen LogP contribution is -1.93. The minimum atomic E-state index is 0.400. The zero-order valence-corrected chi connectivity index (χ0v) is 9.14. The van der Waals surface area contributed by atoms with E-state index in [2.05, 4.69) is 6.07 Å². The van der Waals surface area contributed by atoms with Crippen LogP contribution < -0.4 is 4.74 Å². The van der Waals surface area contributed by atoms with E-state index < -0.39 is 0 Å². The van der Waals surface area contributed by atoms with Crippen LogP contribution >= 0.6 is 0 Å². The molecule has 4 heteroatoms. The first-order valence-electron chi connectivity index (χ1n) is 4.88. The van der Waals surface area contributed by atoms with E-state index >= 15 is 0 Å². The zero-order valence-electron chi connectivity index (χ0n) is 9.14. The topological polar surface area (TPSA) is 61.7 Å². The molecule has 81 valence electrons. The summed E-state index contributed by atoms with van der Waals surface area (Å²) in [5, 5.41) is 17.7. The van der Waals surface area contributed by atoms with E-state index in [1.807, 2.05) is 19.2 Å². The molecule has 4 nitrogen and oxygen atoms in total. The van der Waals surface area contributed by atoms with Gasteiger partial charge in [-0.25, -0.2) is 0 Å². The maximum atomic E-state index is 8.84. The van der Waals surface area contributed by atoms with Gasteiger partial charge in [0.25, 0.3) is 0 Å². The fraction of sp³-hybridized carbons (Fsp3) is 0.0769. The molecule has 0 saturated heterocycles. The summed E-state index contributed by atoms with van der Waals surface area (Å²) in [6, 6.07) is 13.3. The van der Waals surface area contributed by atoms with Gasteiger partial charge in [-0.3, -0.25) is 0 Å². The van der Waals surface area contributed by atoms with Crippen molar-refractivity contribution in [1.29, 1.82) is 10.5 Å². The Bertz CT molecular complexity index is 597. The number of ether oxygens (including phenoxy) is 1. The van der Waals surface area contributed by atoms with Gasteiger partial charge >= 0.3 is 0 Å². The number of nitriles is 2. The van der Waals surface area contributed by atoms with Crippen molar-refractivity contribution in [3.63, 3.8) is 0 Å². The molecule has 17 heavy (non-hydrogen) atoms. The molecule has 0 bridgehead atoms. The molecule has 0 spiro atoms. The van der Waals surface area contributed by atoms with E-state index in [4.69, 9.17) is 15.3 Å². The molecule has 0 aliphatic carbocycles. The molecule has 1 aromatic heterocycles. The summed E-state index contributed by atoms with van der Waals surface area (Å²) in [7, 11) is 1.82. The Morgan fingerprint density at radius 2 is 1.82 bits per heavy atom. The van der Waals surface area contributed by atoms with Crippen molar-refractivity contribution >= 4 is 0 Å². The van der Waals surface area contributed by atoms with E-state index in [1.54, 1.807) is 29.0 Å². The van der Waals surface area contributed by atoms with E-state index in [0.29, 0.717) is 22.8 Å². The Balaban J connectivity index is 2.37. The maximum Gasteiger partial charge on any atom is 0.200 e. The molecule has 0 saturated carbocycles. The van der Waals surface area contributed by atoms with E-state index in [0.717, 1.165) is 0 Å². The lowest BCUT2D eigenvalue weighted by Gasteiger charge is -2.06. The molecule has 0 amide bonds. The Morgan fingerprint density at radius 3 is 2.29 bits per heavy atom. The van der Waals surface area contributed by atoms with Crippen LogP contribution in [0.25, 0.3) is 0 Å². The van der Waals surface area contributed by atoms with Crippen LogP contribution in [0.2, 0.25) is 0 Å². The third-order valence-corrected chi connectivity index (χ3v) is 2.21. The monoisotopic (exact) mass is 222 g/mol. The Kier molecular flexibility index (Phi) is 2.81. The predicted molar refractivity (Wildman–Crippen MR) is 60.2 cm³/mol. The van der Waals surface area contributed by atoms with Crippen LogP contribution in [0.5, 0.6) is 11.6 Å². The van der Waals surface area contributed by atoms with Crippen LogP contribution in [0, 0.1) is 28.7 Å². The Morgan fingerprint density at radius 1 is 1.18 bits per heavy atom. The molecule has 0 aliphatic rings. The summed E-state index contributed by atoms with van der Waals surface area (Å²) < 4.78 is 7.32. The normalized spacial score (nSPS) is 9.35. The van der Waals surface area contributed by atoms with Crippen LogP contribution in [-0.2, 0) is 7.05 Å². The molecule has 2 rings (SSSR count). The van der Waals surface area contributed by atoms with Crippen molar-refractivity contribution in [3.05, 3.63) is 47.7 Å². The van der Waals surface area contributed by atoms with Crippen LogP contribution in [-0.4, -0.2) is 4.57 Å². The van der Waals surface area contributed by atoms with Gasteiger partial charge in [0, 0.05) is 25.4 Å². The molecule has 0 atom stereocenters. The van der Waals surface area contributed by atoms with Gasteiger partial charge in [0.1, 0.15) is 5.75 Å². The number of hydrogen-bond acceptors (Lipinski definition) is 3. The Hall–Kier alpha value is -2.72. The number of aryl methyl sites for hydroxylation is 1. The maximum absolute atomic E-state index is 8.84. The van der Waals surface area contributed by atoms with Gasteiger partial charge in [0.2, 0.25) is 0 Å². The second-order valence-corrected chi connectivity index (χ2v) is 3.46. The molecule has 1 heterocycles. The van der Waals surface area contributed by atoms with Gasteiger partial charge in [-0.1, -0.05) is 0 Å². The predicted octanol–water partition coefficient (Wildman–Crippen LogP) is 2.36. The van der Waals surface area contributed by atoms with Gasteiger partial charge in [-0.15, -0.1) is 0 Å². The van der Waals surface area contributed by atoms with Gasteiger partial charge in [0.05, 0.1) is 23.3 Å². The molecule has 2 aromatic rings. The zero-order chi connectivity index (χ0) is 12.3. The Labute approximate surface area is 98.9 Å². The fourth-order valence-electron chi connectivity index (χ4n) is 1.40. The van der Waals surface area contributed by atoms with Crippen LogP contribution in [0.4, 0.5) is 0 Å². The van der Waals surface area contributed by atoms with Crippen molar-refractivity contribution in [2.75, 3.05) is 0 Å². The summed E-state index contributed by atoms with van der Waals surface area (Å²) in [5.74, 6) is 1.07. The second kappa shape index (κ2) is 4.42. The lowest BCUT2D eigenvalue weighted by atomic mass is 10.1. The fourth-order valence-corrected chi connectivity index (χ4v) is 1.40. The number of aromatic nitrogens is 1. The molecule has 1 radical (unpaired) electrons. The highest BCUT2D eigenvalue weighted by atomic mass is 16.5. The van der Waals surface area contributed by atoms with Gasteiger partial charge in [-0.05, 0) is 18.2 Å². The van der Waals surface area contributed by atoms with Crippen molar-refractivity contribution in [3.8, 4) is 23.8 Å². The summed E-state index contributed by atoms with van der Waals surface area (Å²) in [4.78, 5) is 0. The summed E-state index contributed by atoms with van der Waals surface area (Å²) in [5.41, 5.74) is 0.800. The van der Waals surface area contributed by atoms with Crippen molar-refractivity contribution < 1.29 is 4.74 Å². The van der Waals surface area contributed by atoms with E-state index in [1.165, 1.54) is 6.07 Å². The highest BCUT2D eigenvalue weighted by Gasteiger charge is 2.04. The number of nitrogens with zero attached hydrogens (tertiary/aromatic N) is 3. The minimum Gasteiger partial charge on any atom is -0.441 e. The number of hydrogen-bond donors (Lipinski definition) is 0. The third-order valence-electron chi connectivity index (χ3n) is 2.21. The lowest BCUT2D eigenvalue weighted by molar-refractivity contribution is 0.443. The average molecular weight is 222 g/mol. The highest BCUT2D eigenvalue weighted by Crippen LogP contribution is 2.23. The first-order chi connectivity index (χ1) is 8.22. The van der Waals surface area contributed by atoms with Gasteiger partial charge < -0.3 is 9.30 Å².